The minimum atomic E-state index is -0.650. The first-order chi connectivity index (χ1) is 30.9. The second kappa shape index (κ2) is 18.0. The summed E-state index contributed by atoms with van der Waals surface area (Å²) in [4.78, 5) is 68.1. The summed E-state index contributed by atoms with van der Waals surface area (Å²) in [5.41, 5.74) is 15.4. The maximum atomic E-state index is 13.0. The highest BCUT2D eigenvalue weighted by atomic mass is 32.2. The fraction of sp³-hybridized carbons (Fsp3) is 0.375. The number of nitrogens with one attached hydrogen (secondary N) is 1. The van der Waals surface area contributed by atoms with Crippen LogP contribution in [0.1, 0.15) is 90.5 Å². The first kappa shape index (κ1) is 42.9. The maximum absolute atomic E-state index is 13.0. The van der Waals surface area contributed by atoms with E-state index in [9.17, 15) is 19.2 Å². The maximum Gasteiger partial charge on any atom is 0.255 e. The molecule has 5 aliphatic rings. The molecule has 4 amide bonds. The molecule has 64 heavy (non-hydrogen) atoms. The van der Waals surface area contributed by atoms with E-state index in [-0.39, 0.29) is 35.5 Å². The van der Waals surface area contributed by atoms with Gasteiger partial charge in [-0.3, -0.25) is 24.5 Å². The van der Waals surface area contributed by atoms with Crippen LogP contribution in [0.5, 0.6) is 0 Å². The molecule has 3 fully saturated rings. The molecule has 328 valence electrons. The van der Waals surface area contributed by atoms with Gasteiger partial charge in [-0.05, 0) is 111 Å². The number of imide groups is 1. The average molecular weight is 878 g/mol. The number of amides is 4. The third-order valence-electron chi connectivity index (χ3n) is 12.8. The summed E-state index contributed by atoms with van der Waals surface area (Å²) in [5.74, 6) is 6.21. The van der Waals surface area contributed by atoms with Crippen molar-refractivity contribution in [2.45, 2.75) is 85.8 Å². The van der Waals surface area contributed by atoms with Gasteiger partial charge in [0.05, 0.1) is 23.9 Å². The highest BCUT2D eigenvalue weighted by molar-refractivity contribution is 7.99. The summed E-state index contributed by atoms with van der Waals surface area (Å²) in [6.45, 7) is 7.30. The van der Waals surface area contributed by atoms with Gasteiger partial charge in [0.1, 0.15) is 16.8 Å². The second-order valence-corrected chi connectivity index (χ2v) is 18.9. The summed E-state index contributed by atoms with van der Waals surface area (Å²) in [6.07, 6.45) is 16.5. The molecule has 5 aliphatic heterocycles. The monoisotopic (exact) mass is 877 g/mol. The SMILES string of the molecule is CC1(N)C=CN(c2cnc(Sc3cccc(C(CCCCCN4CC5(CCN(c6ccc(C#Cc7ccc8c(c7)CN(C7CCC(=O)NC7=O)C8=O)nn6)C5)C4)C(N)=O)c3)cn2)C=C1. The number of carbonyl (C=O) groups excluding carboxylic acids is 4. The molecule has 0 saturated carbocycles. The molecule has 2 aromatic heterocycles. The van der Waals surface area contributed by atoms with E-state index >= 15 is 0 Å². The number of anilines is 2. The molecule has 7 heterocycles. The third-order valence-corrected chi connectivity index (χ3v) is 13.7. The largest absolute Gasteiger partial charge is 0.369 e. The molecule has 2 atom stereocenters. The highest BCUT2D eigenvalue weighted by Crippen LogP contribution is 2.41. The summed E-state index contributed by atoms with van der Waals surface area (Å²) in [5, 5.41) is 12.0. The van der Waals surface area contributed by atoms with Gasteiger partial charge >= 0.3 is 0 Å². The molecule has 16 heteroatoms. The van der Waals surface area contributed by atoms with E-state index in [1.807, 2.05) is 78.8 Å². The third kappa shape index (κ3) is 9.57. The quantitative estimate of drug-likeness (QED) is 0.0967. The Morgan fingerprint density at radius 3 is 2.55 bits per heavy atom. The number of piperidine rings is 1. The Kier molecular flexibility index (Phi) is 12.1. The zero-order valence-electron chi connectivity index (χ0n) is 35.8. The van der Waals surface area contributed by atoms with E-state index in [2.05, 4.69) is 47.1 Å². The summed E-state index contributed by atoms with van der Waals surface area (Å²) < 4.78 is 0. The number of carbonyl (C=O) groups is 4. The highest BCUT2D eigenvalue weighted by Gasteiger charge is 2.47. The van der Waals surface area contributed by atoms with Crippen LogP contribution in [0.25, 0.3) is 0 Å². The van der Waals surface area contributed by atoms with Gasteiger partial charge in [-0.15, -0.1) is 10.2 Å². The summed E-state index contributed by atoms with van der Waals surface area (Å²) >= 11 is 1.50. The summed E-state index contributed by atoms with van der Waals surface area (Å²) in [6, 6.07) is 16.7. The van der Waals surface area contributed by atoms with E-state index in [1.54, 1.807) is 24.5 Å². The lowest BCUT2D eigenvalue weighted by Gasteiger charge is -2.48. The number of likely N-dealkylation sites (tertiary alicyclic amines) is 1. The van der Waals surface area contributed by atoms with Gasteiger partial charge in [-0.25, -0.2) is 9.97 Å². The van der Waals surface area contributed by atoms with Crippen LogP contribution in [0.15, 0.2) is 101 Å². The number of aromatic nitrogens is 4. The van der Waals surface area contributed by atoms with Crippen LogP contribution in [0, 0.1) is 17.3 Å². The first-order valence-electron chi connectivity index (χ1n) is 21.9. The topological polar surface area (TPSA) is 197 Å². The zero-order valence-corrected chi connectivity index (χ0v) is 36.6. The van der Waals surface area contributed by atoms with Gasteiger partial charge in [0, 0.05) is 73.0 Å². The van der Waals surface area contributed by atoms with Gasteiger partial charge in [-0.2, -0.15) is 0 Å². The number of primary amides is 1. The first-order valence-corrected chi connectivity index (χ1v) is 22.7. The molecule has 0 radical (unpaired) electrons. The molecule has 1 spiro atoms. The van der Waals surface area contributed by atoms with Gasteiger partial charge in [-0.1, -0.05) is 42.7 Å². The van der Waals surface area contributed by atoms with Crippen molar-refractivity contribution in [2.75, 3.05) is 42.5 Å². The Hall–Kier alpha value is -6.41. The summed E-state index contributed by atoms with van der Waals surface area (Å²) in [7, 11) is 0. The predicted octanol–water partition coefficient (Wildman–Crippen LogP) is 4.49. The smallest absolute Gasteiger partial charge is 0.255 e. The van der Waals surface area contributed by atoms with E-state index in [0.29, 0.717) is 36.5 Å². The minimum Gasteiger partial charge on any atom is -0.369 e. The number of fused-ring (bicyclic) bond motifs is 1. The van der Waals surface area contributed by atoms with Crippen molar-refractivity contribution in [3.05, 3.63) is 119 Å². The normalized spacial score (nSPS) is 20.2. The number of rotatable bonds is 13. The van der Waals surface area contributed by atoms with Crippen LogP contribution in [0.3, 0.4) is 0 Å². The van der Waals surface area contributed by atoms with Crippen LogP contribution in [-0.2, 0) is 20.9 Å². The lowest BCUT2D eigenvalue weighted by Crippen LogP contribution is -2.57. The molecule has 0 bridgehead atoms. The second-order valence-electron chi connectivity index (χ2n) is 17.8. The molecule has 4 aromatic rings. The predicted molar refractivity (Wildman–Crippen MR) is 243 cm³/mol. The molecule has 0 aliphatic carbocycles. The van der Waals surface area contributed by atoms with Gasteiger partial charge in [0.15, 0.2) is 11.6 Å². The van der Waals surface area contributed by atoms with Crippen molar-refractivity contribution >= 4 is 47.0 Å². The lowest BCUT2D eigenvalue weighted by molar-refractivity contribution is -0.137. The van der Waals surface area contributed by atoms with Crippen molar-refractivity contribution in [2.24, 2.45) is 16.9 Å². The van der Waals surface area contributed by atoms with E-state index in [1.165, 1.54) is 16.7 Å². The Morgan fingerprint density at radius 1 is 0.953 bits per heavy atom. The number of hydrogen-bond donors (Lipinski definition) is 3. The molecule has 15 nitrogen and oxygen atoms in total. The van der Waals surface area contributed by atoms with Gasteiger partial charge in [0.25, 0.3) is 5.91 Å². The molecule has 2 unspecified atom stereocenters. The Labute approximate surface area is 376 Å². The van der Waals surface area contributed by atoms with E-state index < -0.39 is 17.5 Å². The Balaban J connectivity index is 0.696. The Morgan fingerprint density at radius 2 is 1.80 bits per heavy atom. The van der Waals surface area contributed by atoms with Gasteiger partial charge < -0.3 is 31.1 Å². The van der Waals surface area contributed by atoms with Crippen molar-refractivity contribution in [1.29, 1.82) is 0 Å². The van der Waals surface area contributed by atoms with Crippen LogP contribution in [0.4, 0.5) is 11.6 Å². The molecular weight excluding hydrogens is 827 g/mol. The van der Waals surface area contributed by atoms with Crippen molar-refractivity contribution in [1.82, 2.24) is 35.3 Å². The van der Waals surface area contributed by atoms with Gasteiger partial charge in [0.2, 0.25) is 17.7 Å². The lowest BCUT2D eigenvalue weighted by atomic mass is 9.79. The van der Waals surface area contributed by atoms with E-state index in [0.717, 1.165) is 90.8 Å². The molecule has 5 N–H and O–H groups in total. The van der Waals surface area contributed by atoms with Crippen LogP contribution >= 0.6 is 11.8 Å². The standard InChI is InChI=1S/C48H51N11O4S/c1-47(50)17-21-57(22-18-47)41-26-52-43(27-51-41)64-36-7-5-6-33(25-36)37(44(49)61)8-3-2-4-20-56-29-48(30-56)19-23-58(31-48)40-15-12-35(54-55-40)11-9-32-10-13-38-34(24-32)28-59(46(38)63)39-14-16-42(60)53-45(39)62/h5-7,10,12-13,15,17-18,21-22,24-27,37,39H,2-4,8,14,16,19-20,23,28-31,50H2,1H3,(H2,49,61)(H,53,60,62). The van der Waals surface area contributed by atoms with E-state index in [4.69, 9.17) is 11.5 Å². The van der Waals surface area contributed by atoms with Crippen LogP contribution in [0.2, 0.25) is 0 Å². The van der Waals surface area contributed by atoms with Crippen molar-refractivity contribution in [3.63, 3.8) is 0 Å². The fourth-order valence-electron chi connectivity index (χ4n) is 9.28. The number of nitrogens with two attached hydrogens (primary N) is 2. The van der Waals surface area contributed by atoms with Crippen LogP contribution < -0.4 is 26.6 Å². The zero-order chi connectivity index (χ0) is 44.4. The minimum absolute atomic E-state index is 0.206. The average Bonchev–Trinajstić information content (AvgIpc) is 3.86. The number of hydrogen-bond acceptors (Lipinski definition) is 13. The molecule has 2 aromatic carbocycles. The molecule has 9 rings (SSSR count). The number of nitrogens with zero attached hydrogens (tertiary/aromatic N) is 8. The Bertz CT molecular complexity index is 2560. The molecule has 3 saturated heterocycles. The molecular formula is C48H51N11O4S. The van der Waals surface area contributed by atoms with Crippen LogP contribution in [-0.4, -0.2) is 97.9 Å². The van der Waals surface area contributed by atoms with Crippen molar-refractivity contribution in [3.8, 4) is 11.8 Å². The fourth-order valence-corrected chi connectivity index (χ4v) is 10.1. The number of unbranched alkanes of at least 4 members (excludes halogenated alkanes) is 2. The van der Waals surface area contributed by atoms with Crippen molar-refractivity contribution < 1.29 is 19.2 Å². The number of benzene rings is 2.